The first kappa shape index (κ1) is 19.0. The second-order valence-corrected chi connectivity index (χ2v) is 5.72. The van der Waals surface area contributed by atoms with Crippen molar-refractivity contribution in [1.29, 1.82) is 0 Å². The van der Waals surface area contributed by atoms with Crippen molar-refractivity contribution < 1.29 is 9.59 Å². The van der Waals surface area contributed by atoms with Crippen LogP contribution in [-0.2, 0) is 16.0 Å². The molecule has 5 heteroatoms. The third-order valence-corrected chi connectivity index (χ3v) is 3.62. The first-order valence-corrected chi connectivity index (χ1v) is 8.45. The van der Waals surface area contributed by atoms with E-state index in [1.165, 1.54) is 0 Å². The van der Waals surface area contributed by atoms with Gasteiger partial charge in [0, 0.05) is 38.2 Å². The fraction of sp³-hybridized carbons (Fsp3) is 0.556. The Morgan fingerprint density at radius 3 is 2.22 bits per heavy atom. The second-order valence-electron chi connectivity index (χ2n) is 5.72. The van der Waals surface area contributed by atoms with Crippen molar-refractivity contribution in [3.8, 4) is 0 Å². The number of amides is 2. The molecule has 0 saturated heterocycles. The van der Waals surface area contributed by atoms with Gasteiger partial charge >= 0.3 is 0 Å². The molecule has 0 aliphatic heterocycles. The molecule has 0 atom stereocenters. The Bertz CT molecular complexity index is 480. The highest BCUT2D eigenvalue weighted by atomic mass is 16.2. The third kappa shape index (κ3) is 7.68. The summed E-state index contributed by atoms with van der Waals surface area (Å²) in [5.74, 6) is 0.00382. The number of hydrogen-bond donors (Lipinski definition) is 2. The van der Waals surface area contributed by atoms with Gasteiger partial charge in [0.25, 0.3) is 0 Å². The van der Waals surface area contributed by atoms with Crippen molar-refractivity contribution in [3.05, 3.63) is 29.8 Å². The van der Waals surface area contributed by atoms with Crippen LogP contribution in [0, 0.1) is 0 Å². The molecule has 0 radical (unpaired) electrons. The van der Waals surface area contributed by atoms with E-state index in [-0.39, 0.29) is 24.7 Å². The number of carbonyl (C=O) groups is 2. The number of nitrogen functional groups attached to an aromatic ring is 1. The maximum atomic E-state index is 12.1. The Balaban J connectivity index is 2.25. The zero-order valence-electron chi connectivity index (χ0n) is 14.3. The molecule has 0 bridgehead atoms. The van der Waals surface area contributed by atoms with Crippen molar-refractivity contribution in [2.45, 2.75) is 46.0 Å². The highest BCUT2D eigenvalue weighted by molar-refractivity contribution is 5.83. The first-order chi connectivity index (χ1) is 11.1. The summed E-state index contributed by atoms with van der Waals surface area (Å²) in [5.41, 5.74) is 7.50. The molecule has 0 aromatic heterocycles. The van der Waals surface area contributed by atoms with Gasteiger partial charge in [0.05, 0.1) is 0 Å². The predicted octanol–water partition coefficient (Wildman–Crippen LogP) is 2.36. The molecule has 0 aliphatic rings. The molecule has 3 N–H and O–H groups in total. The van der Waals surface area contributed by atoms with Crippen LogP contribution in [0.4, 0.5) is 5.69 Å². The van der Waals surface area contributed by atoms with Gasteiger partial charge in [-0.25, -0.2) is 0 Å². The fourth-order valence-electron chi connectivity index (χ4n) is 2.40. The Hall–Kier alpha value is -2.04. The van der Waals surface area contributed by atoms with Crippen molar-refractivity contribution in [2.24, 2.45) is 0 Å². The van der Waals surface area contributed by atoms with E-state index < -0.39 is 0 Å². The Labute approximate surface area is 139 Å². The van der Waals surface area contributed by atoms with Crippen LogP contribution in [0.2, 0.25) is 0 Å². The van der Waals surface area contributed by atoms with E-state index >= 15 is 0 Å². The molecular weight excluding hydrogens is 290 g/mol. The number of nitrogens with two attached hydrogens (primary N) is 1. The standard InChI is InChI=1S/C18H29N3O2/c1-3-13-21(14-4-2)18(23)10-9-17(22)20-12-11-15-5-7-16(19)8-6-15/h5-8H,3-4,9-14,19H2,1-2H3,(H,20,22). The summed E-state index contributed by atoms with van der Waals surface area (Å²) >= 11 is 0. The topological polar surface area (TPSA) is 75.4 Å². The quantitative estimate of drug-likeness (QED) is 0.650. The first-order valence-electron chi connectivity index (χ1n) is 8.45. The molecule has 23 heavy (non-hydrogen) atoms. The van der Waals surface area contributed by atoms with Crippen molar-refractivity contribution in [3.63, 3.8) is 0 Å². The smallest absolute Gasteiger partial charge is 0.223 e. The van der Waals surface area contributed by atoms with Crippen LogP contribution < -0.4 is 11.1 Å². The minimum atomic E-state index is -0.0678. The summed E-state index contributed by atoms with van der Waals surface area (Å²) in [4.78, 5) is 25.8. The molecule has 0 unspecified atom stereocenters. The van der Waals surface area contributed by atoms with E-state index in [1.54, 1.807) is 0 Å². The molecule has 128 valence electrons. The van der Waals surface area contributed by atoms with Crippen LogP contribution in [0.1, 0.15) is 45.1 Å². The van der Waals surface area contributed by atoms with Crippen molar-refractivity contribution in [1.82, 2.24) is 10.2 Å². The lowest BCUT2D eigenvalue weighted by molar-refractivity contribution is -0.133. The molecular formula is C18H29N3O2. The number of nitrogens with one attached hydrogen (secondary N) is 1. The van der Waals surface area contributed by atoms with Gasteiger partial charge in [-0.05, 0) is 37.0 Å². The van der Waals surface area contributed by atoms with Crippen LogP contribution in [0.15, 0.2) is 24.3 Å². The van der Waals surface area contributed by atoms with Gasteiger partial charge in [0.2, 0.25) is 11.8 Å². The van der Waals surface area contributed by atoms with Crippen LogP contribution in [0.5, 0.6) is 0 Å². The van der Waals surface area contributed by atoms with Gasteiger partial charge in [0.15, 0.2) is 0 Å². The molecule has 0 fully saturated rings. The maximum absolute atomic E-state index is 12.1. The van der Waals surface area contributed by atoms with Crippen molar-refractivity contribution in [2.75, 3.05) is 25.4 Å². The Kier molecular flexibility index (Phi) is 8.80. The number of carbonyl (C=O) groups excluding carboxylic acids is 2. The summed E-state index contributed by atoms with van der Waals surface area (Å²) in [6.07, 6.45) is 3.19. The van der Waals surface area contributed by atoms with Gasteiger partial charge in [-0.1, -0.05) is 26.0 Å². The van der Waals surface area contributed by atoms with Crippen LogP contribution in [0.3, 0.4) is 0 Å². The lowest BCUT2D eigenvalue weighted by atomic mass is 10.1. The van der Waals surface area contributed by atoms with E-state index in [4.69, 9.17) is 5.73 Å². The lowest BCUT2D eigenvalue weighted by Crippen LogP contribution is -2.34. The zero-order chi connectivity index (χ0) is 17.1. The van der Waals surface area contributed by atoms with Gasteiger partial charge in [0.1, 0.15) is 0 Å². The van der Waals surface area contributed by atoms with Gasteiger partial charge in [-0.2, -0.15) is 0 Å². The SMILES string of the molecule is CCCN(CCC)C(=O)CCC(=O)NCCc1ccc(N)cc1. The van der Waals surface area contributed by atoms with Crippen molar-refractivity contribution >= 4 is 17.5 Å². The zero-order valence-corrected chi connectivity index (χ0v) is 14.3. The molecule has 0 heterocycles. The van der Waals surface area contributed by atoms with Crippen LogP contribution in [0.25, 0.3) is 0 Å². The van der Waals surface area contributed by atoms with Gasteiger partial charge in [-0.3, -0.25) is 9.59 Å². The molecule has 5 nitrogen and oxygen atoms in total. The highest BCUT2D eigenvalue weighted by Gasteiger charge is 2.13. The number of rotatable bonds is 10. The molecule has 0 aliphatic carbocycles. The van der Waals surface area contributed by atoms with Gasteiger partial charge < -0.3 is 16.0 Å². The average Bonchev–Trinajstić information content (AvgIpc) is 2.54. The minimum absolute atomic E-state index is 0.0678. The van der Waals surface area contributed by atoms with E-state index in [1.807, 2.05) is 29.2 Å². The van der Waals surface area contributed by atoms with Crippen LogP contribution in [-0.4, -0.2) is 36.3 Å². The van der Waals surface area contributed by atoms with Gasteiger partial charge in [-0.15, -0.1) is 0 Å². The minimum Gasteiger partial charge on any atom is -0.399 e. The maximum Gasteiger partial charge on any atom is 0.223 e. The molecule has 1 aromatic carbocycles. The number of nitrogens with zero attached hydrogens (tertiary/aromatic N) is 1. The fourth-order valence-corrected chi connectivity index (χ4v) is 2.40. The lowest BCUT2D eigenvalue weighted by Gasteiger charge is -2.21. The molecule has 0 saturated carbocycles. The second kappa shape index (κ2) is 10.6. The normalized spacial score (nSPS) is 10.3. The number of hydrogen-bond acceptors (Lipinski definition) is 3. The summed E-state index contributed by atoms with van der Waals surface area (Å²) in [6, 6.07) is 7.62. The van der Waals surface area contributed by atoms with E-state index in [9.17, 15) is 9.59 Å². The third-order valence-electron chi connectivity index (χ3n) is 3.62. The number of benzene rings is 1. The van der Waals surface area contributed by atoms with E-state index in [0.717, 1.165) is 43.6 Å². The Morgan fingerprint density at radius 1 is 1.04 bits per heavy atom. The monoisotopic (exact) mass is 319 g/mol. The summed E-state index contributed by atoms with van der Waals surface area (Å²) in [6.45, 7) is 6.22. The summed E-state index contributed by atoms with van der Waals surface area (Å²) in [7, 11) is 0. The van der Waals surface area contributed by atoms with Crippen LogP contribution >= 0.6 is 0 Å². The summed E-state index contributed by atoms with van der Waals surface area (Å²) < 4.78 is 0. The summed E-state index contributed by atoms with van der Waals surface area (Å²) in [5, 5.41) is 2.86. The van der Waals surface area contributed by atoms with E-state index in [0.29, 0.717) is 6.54 Å². The van der Waals surface area contributed by atoms with E-state index in [2.05, 4.69) is 19.2 Å². The molecule has 2 amide bonds. The molecule has 0 spiro atoms. The Morgan fingerprint density at radius 2 is 1.65 bits per heavy atom. The predicted molar refractivity (Wildman–Crippen MR) is 94.0 cm³/mol. The highest BCUT2D eigenvalue weighted by Crippen LogP contribution is 2.06. The molecule has 1 aromatic rings. The average molecular weight is 319 g/mol. The number of anilines is 1. The molecule has 1 rings (SSSR count). The largest absolute Gasteiger partial charge is 0.399 e.